The molecule has 123 valence electrons. The predicted octanol–water partition coefficient (Wildman–Crippen LogP) is 4.57. The SMILES string of the molecule is CC1=C(C)C(C)[C]([Zr]([CH2]c2ccccc2)[CH2]c2ccccc2)=C1[SiH3]. The van der Waals surface area contributed by atoms with Gasteiger partial charge in [-0.3, -0.25) is 0 Å². The molecule has 0 radical (unpaired) electrons. The molecule has 1 aliphatic carbocycles. The summed E-state index contributed by atoms with van der Waals surface area (Å²) in [5.74, 6) is 0.694. The van der Waals surface area contributed by atoms with E-state index >= 15 is 0 Å². The Bertz CT molecular complexity index is 718. The normalized spacial score (nSPS) is 17.7. The summed E-state index contributed by atoms with van der Waals surface area (Å²) in [6, 6.07) is 22.4. The van der Waals surface area contributed by atoms with Crippen LogP contribution in [0.1, 0.15) is 31.9 Å². The van der Waals surface area contributed by atoms with Crippen molar-refractivity contribution in [1.82, 2.24) is 0 Å². The van der Waals surface area contributed by atoms with Gasteiger partial charge >= 0.3 is 158 Å². The van der Waals surface area contributed by atoms with Gasteiger partial charge in [0.25, 0.3) is 0 Å². The van der Waals surface area contributed by atoms with Crippen LogP contribution in [-0.2, 0) is 30.0 Å². The molecule has 0 spiro atoms. The minimum atomic E-state index is -1.75. The topological polar surface area (TPSA) is 0 Å². The Balaban J connectivity index is 1.94. The molecule has 1 unspecified atom stereocenters. The van der Waals surface area contributed by atoms with Crippen LogP contribution in [0, 0.1) is 5.92 Å². The van der Waals surface area contributed by atoms with Gasteiger partial charge < -0.3 is 0 Å². The fraction of sp³-hybridized carbons (Fsp3) is 0.273. The number of hydrogen-bond donors (Lipinski definition) is 0. The van der Waals surface area contributed by atoms with Gasteiger partial charge in [-0.1, -0.05) is 0 Å². The molecule has 0 aliphatic heterocycles. The molecule has 0 heterocycles. The first-order valence-electron chi connectivity index (χ1n) is 8.89. The van der Waals surface area contributed by atoms with Crippen molar-refractivity contribution in [1.29, 1.82) is 0 Å². The zero-order valence-electron chi connectivity index (χ0n) is 15.3. The maximum absolute atomic E-state index is 2.45. The molecule has 0 nitrogen and oxygen atoms in total. The first kappa shape index (κ1) is 17.8. The third-order valence-corrected chi connectivity index (χ3v) is 16.0. The van der Waals surface area contributed by atoms with Crippen LogP contribution >= 0.6 is 0 Å². The van der Waals surface area contributed by atoms with Crippen molar-refractivity contribution in [2.45, 2.75) is 29.0 Å². The fourth-order valence-corrected chi connectivity index (χ4v) is 15.4. The van der Waals surface area contributed by atoms with E-state index in [4.69, 9.17) is 0 Å². The van der Waals surface area contributed by atoms with Gasteiger partial charge in [-0.2, -0.15) is 0 Å². The number of rotatable bonds is 5. The molecule has 24 heavy (non-hydrogen) atoms. The first-order valence-corrected chi connectivity index (χ1v) is 14.6. The molecule has 2 aromatic carbocycles. The summed E-state index contributed by atoms with van der Waals surface area (Å²) in [7, 11) is 1.20. The molecule has 0 aromatic heterocycles. The molecule has 0 bridgehead atoms. The van der Waals surface area contributed by atoms with Gasteiger partial charge in [0.1, 0.15) is 0 Å². The minimum absolute atomic E-state index is 0.694. The zero-order chi connectivity index (χ0) is 17.1. The van der Waals surface area contributed by atoms with Crippen molar-refractivity contribution in [2.75, 3.05) is 0 Å². The number of allylic oxidation sites excluding steroid dienone is 4. The van der Waals surface area contributed by atoms with Crippen LogP contribution in [0.15, 0.2) is 80.3 Å². The third-order valence-electron chi connectivity index (χ3n) is 5.54. The monoisotopic (exact) mass is 409 g/mol. The van der Waals surface area contributed by atoms with Gasteiger partial charge in [0.15, 0.2) is 0 Å². The average Bonchev–Trinajstić information content (AvgIpc) is 2.80. The summed E-state index contributed by atoms with van der Waals surface area (Å²) in [5.41, 5.74) is 6.33. The summed E-state index contributed by atoms with van der Waals surface area (Å²) in [5, 5.41) is 1.75. The summed E-state index contributed by atoms with van der Waals surface area (Å²) in [4.78, 5) is 0. The average molecular weight is 411 g/mol. The Morgan fingerprint density at radius 1 is 0.833 bits per heavy atom. The molecule has 2 heteroatoms. The van der Waals surface area contributed by atoms with Crippen molar-refractivity contribution in [3.05, 3.63) is 91.4 Å². The van der Waals surface area contributed by atoms with Gasteiger partial charge in [-0.05, 0) is 0 Å². The molecule has 0 N–H and O–H groups in total. The predicted molar refractivity (Wildman–Crippen MR) is 105 cm³/mol. The Morgan fingerprint density at radius 2 is 1.29 bits per heavy atom. The second-order valence-corrected chi connectivity index (χ2v) is 14.0. The van der Waals surface area contributed by atoms with Crippen molar-refractivity contribution < 1.29 is 21.8 Å². The summed E-state index contributed by atoms with van der Waals surface area (Å²) < 4.78 is 4.58. The summed E-state index contributed by atoms with van der Waals surface area (Å²) in [6.45, 7) is 7.17. The Hall–Kier alpha value is -0.980. The molecule has 0 saturated heterocycles. The Morgan fingerprint density at radius 3 is 1.67 bits per heavy atom. The van der Waals surface area contributed by atoms with Crippen LogP contribution in [0.2, 0.25) is 0 Å². The van der Waals surface area contributed by atoms with Gasteiger partial charge in [0.2, 0.25) is 0 Å². The van der Waals surface area contributed by atoms with E-state index in [0.717, 1.165) is 0 Å². The Kier molecular flexibility index (Phi) is 5.89. The van der Waals surface area contributed by atoms with E-state index in [1.165, 1.54) is 18.5 Å². The van der Waals surface area contributed by atoms with Crippen molar-refractivity contribution in [3.63, 3.8) is 0 Å². The zero-order valence-corrected chi connectivity index (χ0v) is 19.7. The number of hydrogen-bond acceptors (Lipinski definition) is 0. The number of benzene rings is 2. The van der Waals surface area contributed by atoms with Crippen molar-refractivity contribution >= 4 is 10.2 Å². The summed E-state index contributed by atoms with van der Waals surface area (Å²) in [6.07, 6.45) is 0. The van der Waals surface area contributed by atoms with E-state index < -0.39 is 21.8 Å². The standard InChI is InChI=1S/C8H13Si.2C7H7.Zr/c1-5-4-8(9)7(3)6(5)2;2*1-7-5-3-2-4-6-7;/h5H,1-3,9H3;2*2-6H,1H2;. The van der Waals surface area contributed by atoms with Crippen LogP contribution in [0.4, 0.5) is 0 Å². The van der Waals surface area contributed by atoms with E-state index in [1.54, 1.807) is 27.5 Å². The van der Waals surface area contributed by atoms with Gasteiger partial charge in [0, 0.05) is 0 Å². The van der Waals surface area contributed by atoms with Crippen LogP contribution in [-0.4, -0.2) is 10.2 Å². The van der Waals surface area contributed by atoms with Crippen LogP contribution in [0.5, 0.6) is 0 Å². The maximum atomic E-state index is 2.45. The molecular weight excluding hydrogens is 384 g/mol. The molecule has 0 saturated carbocycles. The second kappa shape index (κ2) is 7.93. The van der Waals surface area contributed by atoms with Crippen molar-refractivity contribution in [3.8, 4) is 0 Å². The molecule has 3 rings (SSSR count). The van der Waals surface area contributed by atoms with Crippen LogP contribution < -0.4 is 0 Å². The molecule has 2 aromatic rings. The third kappa shape index (κ3) is 3.81. The van der Waals surface area contributed by atoms with Gasteiger partial charge in [-0.25, -0.2) is 0 Å². The molecular formula is C22H27SiZr. The fourth-order valence-electron chi connectivity index (χ4n) is 3.87. The quantitative estimate of drug-likeness (QED) is 0.634. The molecule has 1 atom stereocenters. The van der Waals surface area contributed by atoms with E-state index in [-0.39, 0.29) is 0 Å². The van der Waals surface area contributed by atoms with Crippen molar-refractivity contribution in [2.24, 2.45) is 5.92 Å². The molecule has 0 fully saturated rings. The summed E-state index contributed by atoms with van der Waals surface area (Å²) >= 11 is -1.75. The molecule has 0 amide bonds. The van der Waals surface area contributed by atoms with Crippen LogP contribution in [0.3, 0.4) is 0 Å². The first-order chi connectivity index (χ1) is 11.6. The van der Waals surface area contributed by atoms with Gasteiger partial charge in [0.05, 0.1) is 0 Å². The van der Waals surface area contributed by atoms with Crippen LogP contribution in [0.25, 0.3) is 0 Å². The van der Waals surface area contributed by atoms with E-state index in [9.17, 15) is 0 Å². The Labute approximate surface area is 157 Å². The van der Waals surface area contributed by atoms with E-state index in [1.807, 2.05) is 3.28 Å². The van der Waals surface area contributed by atoms with E-state index in [2.05, 4.69) is 81.4 Å². The van der Waals surface area contributed by atoms with Gasteiger partial charge in [-0.15, -0.1) is 0 Å². The molecule has 1 aliphatic rings. The van der Waals surface area contributed by atoms with E-state index in [0.29, 0.717) is 5.92 Å². The second-order valence-electron chi connectivity index (χ2n) is 7.00.